The summed E-state index contributed by atoms with van der Waals surface area (Å²) in [6.45, 7) is 10.1. The van der Waals surface area contributed by atoms with E-state index in [-0.39, 0.29) is 0 Å². The fraction of sp³-hybridized carbons (Fsp3) is 0.273. The average Bonchev–Trinajstić information content (AvgIpc) is 2.63. The molecule has 2 aromatic carbocycles. The normalized spacial score (nSPS) is 10.6. The molecule has 0 atom stereocenters. The summed E-state index contributed by atoms with van der Waals surface area (Å²) in [6.07, 6.45) is 0. The highest BCUT2D eigenvalue weighted by Gasteiger charge is 2.11. The predicted molar refractivity (Wildman–Crippen MR) is 109 cm³/mol. The number of benzene rings is 2. The Morgan fingerprint density at radius 2 is 1.69 bits per heavy atom. The number of rotatable bonds is 6. The minimum atomic E-state index is 0.639. The molecule has 0 unspecified atom stereocenters. The molecule has 0 aliphatic heterocycles. The molecule has 1 heterocycles. The van der Waals surface area contributed by atoms with Crippen molar-refractivity contribution in [2.45, 2.75) is 34.2 Å². The van der Waals surface area contributed by atoms with Gasteiger partial charge in [0.25, 0.3) is 0 Å². The first kappa shape index (κ1) is 17.9. The second kappa shape index (κ2) is 8.00. The Morgan fingerprint density at radius 1 is 0.923 bits per heavy atom. The molecule has 0 amide bonds. The molecule has 0 saturated heterocycles. The molecule has 0 fully saturated rings. The minimum absolute atomic E-state index is 0.639. The van der Waals surface area contributed by atoms with Crippen LogP contribution in [0.2, 0.25) is 0 Å². The van der Waals surface area contributed by atoms with Crippen molar-refractivity contribution >= 4 is 17.5 Å². The van der Waals surface area contributed by atoms with Gasteiger partial charge in [-0.3, -0.25) is 0 Å². The maximum absolute atomic E-state index is 4.77. The van der Waals surface area contributed by atoms with Gasteiger partial charge in [0.1, 0.15) is 5.82 Å². The van der Waals surface area contributed by atoms with Gasteiger partial charge < -0.3 is 10.2 Å². The van der Waals surface area contributed by atoms with Crippen LogP contribution in [0.1, 0.15) is 29.3 Å². The number of nitrogens with one attached hydrogen (secondary N) is 1. The van der Waals surface area contributed by atoms with E-state index in [1.54, 1.807) is 0 Å². The minimum Gasteiger partial charge on any atom is -0.352 e. The van der Waals surface area contributed by atoms with Crippen molar-refractivity contribution in [3.63, 3.8) is 0 Å². The number of anilines is 3. The van der Waals surface area contributed by atoms with Gasteiger partial charge in [0.2, 0.25) is 5.95 Å². The van der Waals surface area contributed by atoms with E-state index in [0.29, 0.717) is 5.95 Å². The van der Waals surface area contributed by atoms with Gasteiger partial charge in [-0.15, -0.1) is 0 Å². The van der Waals surface area contributed by atoms with Crippen molar-refractivity contribution in [1.29, 1.82) is 0 Å². The third-order valence-corrected chi connectivity index (χ3v) is 4.40. The summed E-state index contributed by atoms with van der Waals surface area (Å²) in [6, 6.07) is 18.9. The highest BCUT2D eigenvalue weighted by molar-refractivity contribution is 5.60. The van der Waals surface area contributed by atoms with Gasteiger partial charge in [0, 0.05) is 30.5 Å². The first-order valence-electron chi connectivity index (χ1n) is 9.04. The molecule has 0 aliphatic carbocycles. The lowest BCUT2D eigenvalue weighted by Crippen LogP contribution is -2.23. The Balaban J connectivity index is 1.87. The Morgan fingerprint density at radius 3 is 2.42 bits per heavy atom. The SMILES string of the molecule is CCN(Cc1ccccc1)c1cc(C)nc(Nc2cc(C)ccc2C)n1. The van der Waals surface area contributed by atoms with E-state index in [1.807, 2.05) is 19.1 Å². The van der Waals surface area contributed by atoms with Gasteiger partial charge in [0.15, 0.2) is 0 Å². The van der Waals surface area contributed by atoms with E-state index in [1.165, 1.54) is 16.7 Å². The van der Waals surface area contributed by atoms with Crippen LogP contribution in [0.5, 0.6) is 0 Å². The zero-order valence-electron chi connectivity index (χ0n) is 16.0. The lowest BCUT2D eigenvalue weighted by molar-refractivity contribution is 0.809. The van der Waals surface area contributed by atoms with Crippen LogP contribution in [-0.2, 0) is 6.54 Å². The summed E-state index contributed by atoms with van der Waals surface area (Å²) in [5, 5.41) is 3.39. The van der Waals surface area contributed by atoms with Crippen LogP contribution in [0.3, 0.4) is 0 Å². The molecule has 134 valence electrons. The quantitative estimate of drug-likeness (QED) is 0.668. The van der Waals surface area contributed by atoms with Crippen molar-refractivity contribution < 1.29 is 0 Å². The van der Waals surface area contributed by atoms with Crippen LogP contribution in [-0.4, -0.2) is 16.5 Å². The van der Waals surface area contributed by atoms with Crippen molar-refractivity contribution in [2.24, 2.45) is 0 Å². The van der Waals surface area contributed by atoms with Crippen LogP contribution in [0, 0.1) is 20.8 Å². The molecule has 4 heteroatoms. The van der Waals surface area contributed by atoms with E-state index in [2.05, 4.69) is 78.4 Å². The molecule has 0 saturated carbocycles. The molecule has 0 spiro atoms. The highest BCUT2D eigenvalue weighted by atomic mass is 15.2. The number of nitrogens with zero attached hydrogens (tertiary/aromatic N) is 3. The number of aromatic nitrogens is 2. The maximum Gasteiger partial charge on any atom is 0.229 e. The molecular weight excluding hydrogens is 320 g/mol. The largest absolute Gasteiger partial charge is 0.352 e. The summed E-state index contributed by atoms with van der Waals surface area (Å²) in [5.41, 5.74) is 5.67. The number of hydrogen-bond acceptors (Lipinski definition) is 4. The molecule has 0 aliphatic rings. The maximum atomic E-state index is 4.77. The first-order chi connectivity index (χ1) is 12.5. The summed E-state index contributed by atoms with van der Waals surface area (Å²) in [4.78, 5) is 11.6. The topological polar surface area (TPSA) is 41.1 Å². The summed E-state index contributed by atoms with van der Waals surface area (Å²) in [5.74, 6) is 1.58. The first-order valence-corrected chi connectivity index (χ1v) is 9.04. The van der Waals surface area contributed by atoms with Gasteiger partial charge >= 0.3 is 0 Å². The summed E-state index contributed by atoms with van der Waals surface area (Å²) in [7, 11) is 0. The molecule has 4 nitrogen and oxygen atoms in total. The van der Waals surface area contributed by atoms with E-state index in [0.717, 1.165) is 30.3 Å². The number of aryl methyl sites for hydroxylation is 3. The summed E-state index contributed by atoms with van der Waals surface area (Å²) < 4.78 is 0. The Kier molecular flexibility index (Phi) is 5.52. The fourth-order valence-electron chi connectivity index (χ4n) is 2.92. The monoisotopic (exact) mass is 346 g/mol. The molecule has 0 radical (unpaired) electrons. The molecule has 1 N–H and O–H groups in total. The van der Waals surface area contributed by atoms with Crippen molar-refractivity contribution in [3.05, 3.63) is 77.0 Å². The second-order valence-electron chi connectivity index (χ2n) is 6.63. The van der Waals surface area contributed by atoms with Gasteiger partial charge in [-0.25, -0.2) is 4.98 Å². The van der Waals surface area contributed by atoms with Gasteiger partial charge in [-0.2, -0.15) is 4.98 Å². The third kappa shape index (κ3) is 4.39. The van der Waals surface area contributed by atoms with E-state index in [9.17, 15) is 0 Å². The van der Waals surface area contributed by atoms with Crippen molar-refractivity contribution in [2.75, 3.05) is 16.8 Å². The Bertz CT molecular complexity index is 875. The zero-order chi connectivity index (χ0) is 18.5. The van der Waals surface area contributed by atoms with Crippen LogP contribution >= 0.6 is 0 Å². The molecule has 0 bridgehead atoms. The highest BCUT2D eigenvalue weighted by Crippen LogP contribution is 2.23. The molecule has 3 aromatic rings. The van der Waals surface area contributed by atoms with Crippen LogP contribution in [0.25, 0.3) is 0 Å². The van der Waals surface area contributed by atoms with Crippen LogP contribution < -0.4 is 10.2 Å². The van der Waals surface area contributed by atoms with Crippen molar-refractivity contribution in [1.82, 2.24) is 9.97 Å². The average molecular weight is 346 g/mol. The van der Waals surface area contributed by atoms with Crippen LogP contribution in [0.4, 0.5) is 17.5 Å². The summed E-state index contributed by atoms with van der Waals surface area (Å²) >= 11 is 0. The Labute approximate surface area is 155 Å². The Hall–Kier alpha value is -2.88. The van der Waals surface area contributed by atoms with E-state index < -0.39 is 0 Å². The van der Waals surface area contributed by atoms with Crippen LogP contribution in [0.15, 0.2) is 54.6 Å². The second-order valence-corrected chi connectivity index (χ2v) is 6.63. The molecule has 26 heavy (non-hydrogen) atoms. The molecule has 1 aromatic heterocycles. The lowest BCUT2D eigenvalue weighted by Gasteiger charge is -2.23. The van der Waals surface area contributed by atoms with E-state index in [4.69, 9.17) is 4.98 Å². The molecular formula is C22H26N4. The van der Waals surface area contributed by atoms with Crippen molar-refractivity contribution in [3.8, 4) is 0 Å². The number of hydrogen-bond donors (Lipinski definition) is 1. The standard InChI is InChI=1S/C22H26N4/c1-5-26(15-19-9-7-6-8-10-19)21-14-18(4)23-22(25-21)24-20-13-16(2)11-12-17(20)3/h6-14H,5,15H2,1-4H3,(H,23,24,25). The zero-order valence-corrected chi connectivity index (χ0v) is 16.0. The van der Waals surface area contributed by atoms with Gasteiger partial charge in [-0.05, 0) is 50.5 Å². The predicted octanol–water partition coefficient (Wildman–Crippen LogP) is 5.17. The van der Waals surface area contributed by atoms with E-state index >= 15 is 0 Å². The molecule has 3 rings (SSSR count). The fourth-order valence-corrected chi connectivity index (χ4v) is 2.92. The smallest absolute Gasteiger partial charge is 0.229 e. The van der Waals surface area contributed by atoms with Gasteiger partial charge in [-0.1, -0.05) is 42.5 Å². The third-order valence-electron chi connectivity index (χ3n) is 4.40. The van der Waals surface area contributed by atoms with Gasteiger partial charge in [0.05, 0.1) is 0 Å². The lowest BCUT2D eigenvalue weighted by atomic mass is 10.1.